The summed E-state index contributed by atoms with van der Waals surface area (Å²) in [6, 6.07) is 11.0. The van der Waals surface area contributed by atoms with Gasteiger partial charge >= 0.3 is 42.7 Å². The highest BCUT2D eigenvalue weighted by Gasteiger charge is 2.60. The van der Waals surface area contributed by atoms with Gasteiger partial charge in [-0.05, 0) is 129 Å². The zero-order chi connectivity index (χ0) is 55.9. The van der Waals surface area contributed by atoms with Gasteiger partial charge in [-0.25, -0.2) is 4.79 Å². The first kappa shape index (κ1) is 61.9. The minimum absolute atomic E-state index is 0.0627. The molecule has 412 valence electrons. The lowest BCUT2D eigenvalue weighted by Gasteiger charge is -2.45. The van der Waals surface area contributed by atoms with Crippen molar-refractivity contribution in [3.63, 3.8) is 0 Å². The van der Waals surface area contributed by atoms with E-state index in [4.69, 9.17) is 28.3 Å². The van der Waals surface area contributed by atoms with Gasteiger partial charge in [0, 0.05) is 48.4 Å². The number of aliphatic hydroxyl groups excluding tert-OH is 1. The van der Waals surface area contributed by atoms with Gasteiger partial charge in [0.2, 0.25) is 6.10 Å². The minimum Gasteiger partial charge on any atom is -0.480 e. The fraction of sp³-hybridized carbons (Fsp3) is 0.612. The summed E-state index contributed by atoms with van der Waals surface area (Å²) in [4.78, 5) is 40.6. The first-order valence-corrected chi connectivity index (χ1v) is 23.9. The molecule has 6 rings (SSSR count). The molecule has 4 fully saturated rings. The van der Waals surface area contributed by atoms with Gasteiger partial charge in [0.1, 0.15) is 10.8 Å². The summed E-state index contributed by atoms with van der Waals surface area (Å²) in [5.41, 5.74) is 0.565. The molecule has 2 aromatic rings. The van der Waals surface area contributed by atoms with Crippen LogP contribution >= 0.6 is 23.2 Å². The second-order valence-electron chi connectivity index (χ2n) is 19.5. The van der Waals surface area contributed by atoms with E-state index in [0.717, 1.165) is 60.6 Å². The summed E-state index contributed by atoms with van der Waals surface area (Å²) >= 11 is 12.8. The number of piperidine rings is 2. The number of carbonyl (C=O) groups is 3. The smallest absolute Gasteiger partial charge is 0.434 e. The molecule has 25 heteroatoms. The number of likely N-dealkylation sites (tertiary alicyclic amines) is 3. The van der Waals surface area contributed by atoms with Crippen LogP contribution in [0, 0.1) is 34.5 Å². The molecule has 0 unspecified atom stereocenters. The molecule has 0 atom stereocenters. The third kappa shape index (κ3) is 16.2. The number of carboxylic acid groups (broad SMARTS) is 2. The summed E-state index contributed by atoms with van der Waals surface area (Å²) in [6.07, 6.45) is -25.8. The third-order valence-electron chi connectivity index (χ3n) is 13.4. The van der Waals surface area contributed by atoms with E-state index in [1.54, 1.807) is 26.0 Å². The van der Waals surface area contributed by atoms with Crippen molar-refractivity contribution < 1.29 is 87.1 Å². The molecule has 4 saturated heterocycles. The number of nitrogens with zero attached hydrogens (tertiary/aromatic N) is 3. The highest BCUT2D eigenvalue weighted by molar-refractivity contribution is 6.32. The molecule has 4 aliphatic heterocycles. The molecule has 11 nitrogen and oxygen atoms in total. The van der Waals surface area contributed by atoms with Crippen LogP contribution in [-0.2, 0) is 27.4 Å². The van der Waals surface area contributed by atoms with Gasteiger partial charge in [0.05, 0.1) is 10.0 Å². The van der Waals surface area contributed by atoms with Crippen molar-refractivity contribution in [2.45, 2.75) is 140 Å². The predicted octanol–water partition coefficient (Wildman–Crippen LogP) is 10.9. The highest BCUT2D eigenvalue weighted by atomic mass is 35.5. The highest BCUT2D eigenvalue weighted by Crippen LogP contribution is 2.42. The zero-order valence-electron chi connectivity index (χ0n) is 40.5. The Morgan fingerprint density at radius 1 is 0.622 bits per heavy atom. The largest absolute Gasteiger partial charge is 0.480 e. The van der Waals surface area contributed by atoms with Crippen LogP contribution in [0.15, 0.2) is 36.4 Å². The number of benzene rings is 2. The maximum absolute atomic E-state index is 12.8. The first-order valence-electron chi connectivity index (χ1n) is 23.1. The number of nitrogens with one attached hydrogen (secondary N) is 1. The average Bonchev–Trinajstić information content (AvgIpc) is 3.85. The predicted molar refractivity (Wildman–Crippen MR) is 248 cm³/mol. The second-order valence-corrected chi connectivity index (χ2v) is 20.3. The van der Waals surface area contributed by atoms with Crippen molar-refractivity contribution in [3.8, 4) is 23.7 Å². The minimum atomic E-state index is -5.77. The number of rotatable bonds is 7. The van der Waals surface area contributed by atoms with Gasteiger partial charge in [0.25, 0.3) is 6.10 Å². The van der Waals surface area contributed by atoms with Crippen LogP contribution in [0.1, 0.15) is 101 Å². The summed E-state index contributed by atoms with van der Waals surface area (Å²) in [5, 5.41) is 30.5. The van der Waals surface area contributed by atoms with Crippen LogP contribution < -0.4 is 5.32 Å². The van der Waals surface area contributed by atoms with E-state index >= 15 is 0 Å². The van der Waals surface area contributed by atoms with Crippen molar-refractivity contribution in [2.24, 2.45) is 10.8 Å². The van der Waals surface area contributed by atoms with E-state index in [0.29, 0.717) is 47.1 Å². The lowest BCUT2D eigenvalue weighted by Crippen LogP contribution is -2.54. The van der Waals surface area contributed by atoms with Crippen molar-refractivity contribution in [3.05, 3.63) is 68.7 Å². The number of halogens is 14. The fourth-order valence-electron chi connectivity index (χ4n) is 8.93. The molecule has 2 spiro atoms. The molecule has 2 aromatic carbocycles. The Bertz CT molecular complexity index is 2400. The molecule has 0 bridgehead atoms. The SMILES string of the molecule is CC(C)(C#Cc1c(Cl)cccc1CN1CCCC12CCN(C(=O)OC(C(F)(F)F)C(F)(F)F)CC2)C(=O)O.CC(C)(C#Cc1c(Cl)cccc1CN1CCCC12CCNCC2)C(=O)O.OC(C(F)(F)F)C(F)(F)F. The molecular weight excluding hydrogens is 1060 g/mol. The Hall–Kier alpha value is -4.65. The summed E-state index contributed by atoms with van der Waals surface area (Å²) in [5.74, 6) is 9.57. The molecule has 4 aliphatic rings. The number of aliphatic carboxylic acids is 2. The number of amides is 1. The Kier molecular flexibility index (Phi) is 20.2. The second kappa shape index (κ2) is 24.1. The Morgan fingerprint density at radius 3 is 1.34 bits per heavy atom. The Labute approximate surface area is 429 Å². The van der Waals surface area contributed by atoms with Crippen molar-refractivity contribution in [2.75, 3.05) is 39.3 Å². The maximum atomic E-state index is 12.8. The number of aliphatic hydroxyl groups is 1. The van der Waals surface area contributed by atoms with Gasteiger partial charge in [-0.3, -0.25) is 19.4 Å². The standard InChI is InChI=1S/C25H27ClF6N2O4.C21H27ClN2O2.C3H2F6O/c1-22(2,20(35)36)9-7-17-16(5-3-6-18(17)26)15-34-12-4-8-23(34)10-13-33(14-11-23)21(37)38-19(24(27,28)29)25(30,31)32;1-20(2,19(25)26)9-7-17-16(5-3-6-18(17)22)15-24-14-4-8-21(24)10-12-23-13-11-21;4-2(5,6)1(10)3(7,8)9/h3,5-6,19H,4,8,10-15H2,1-2H3,(H,35,36);3,5-6,23H,4,8,10-15H2,1-2H3,(H,25,26);1,10H. The van der Waals surface area contributed by atoms with E-state index in [-0.39, 0.29) is 13.1 Å². The van der Waals surface area contributed by atoms with E-state index < -0.39 is 71.3 Å². The van der Waals surface area contributed by atoms with Crippen LogP contribution in [0.2, 0.25) is 10.0 Å². The summed E-state index contributed by atoms with van der Waals surface area (Å²) < 4.78 is 146. The van der Waals surface area contributed by atoms with Crippen LogP contribution in [0.5, 0.6) is 0 Å². The third-order valence-corrected chi connectivity index (χ3v) is 14.0. The van der Waals surface area contributed by atoms with E-state index in [1.807, 2.05) is 18.2 Å². The van der Waals surface area contributed by atoms with Crippen LogP contribution in [-0.4, -0.2) is 135 Å². The van der Waals surface area contributed by atoms with Crippen LogP contribution in [0.4, 0.5) is 57.5 Å². The molecule has 4 heterocycles. The first-order chi connectivity index (χ1) is 34.0. The normalized spacial score (nSPS) is 18.4. The summed E-state index contributed by atoms with van der Waals surface area (Å²) in [7, 11) is 0. The van der Waals surface area contributed by atoms with Crippen molar-refractivity contribution in [1.82, 2.24) is 20.0 Å². The Balaban J connectivity index is 0.000000283. The van der Waals surface area contributed by atoms with Crippen molar-refractivity contribution >= 4 is 41.2 Å². The van der Waals surface area contributed by atoms with Crippen molar-refractivity contribution in [1.29, 1.82) is 0 Å². The van der Waals surface area contributed by atoms with Gasteiger partial charge in [-0.1, -0.05) is 71.1 Å². The molecule has 74 heavy (non-hydrogen) atoms. The molecule has 0 saturated carbocycles. The monoisotopic (exact) mass is 1110 g/mol. The average molecular weight is 1110 g/mol. The number of ether oxygens (including phenoxy) is 1. The van der Waals surface area contributed by atoms with Crippen LogP contribution in [0.3, 0.4) is 0 Å². The van der Waals surface area contributed by atoms with Gasteiger partial charge in [0.15, 0.2) is 0 Å². The number of alkyl halides is 12. The molecular formula is C49H56Cl2F12N4O7. The molecule has 0 radical (unpaired) electrons. The molecule has 4 N–H and O–H groups in total. The lowest BCUT2D eigenvalue weighted by molar-refractivity contribution is -0.309. The lowest BCUT2D eigenvalue weighted by atomic mass is 9.84. The molecule has 0 aliphatic carbocycles. The molecule has 0 aromatic heterocycles. The van der Waals surface area contributed by atoms with E-state index in [9.17, 15) is 77.3 Å². The summed E-state index contributed by atoms with van der Waals surface area (Å²) in [6.45, 7) is 11.2. The topological polar surface area (TPSA) is 143 Å². The zero-order valence-corrected chi connectivity index (χ0v) is 42.1. The fourth-order valence-corrected chi connectivity index (χ4v) is 9.41. The number of carboxylic acids is 2. The number of carbonyl (C=O) groups excluding carboxylic acids is 1. The maximum Gasteiger partial charge on any atom is 0.434 e. The van der Waals surface area contributed by atoms with Gasteiger partial charge in [-0.15, -0.1) is 0 Å². The van der Waals surface area contributed by atoms with Gasteiger partial charge in [-0.2, -0.15) is 52.7 Å². The molecule has 1 amide bonds. The number of hydrogen-bond donors (Lipinski definition) is 4. The Morgan fingerprint density at radius 2 is 1.00 bits per heavy atom. The quantitative estimate of drug-likeness (QED) is 0.156. The van der Waals surface area contributed by atoms with E-state index in [2.05, 4.69) is 49.6 Å². The number of hydrogen-bond acceptors (Lipinski definition) is 8. The van der Waals surface area contributed by atoms with E-state index in [1.165, 1.54) is 39.5 Å². The van der Waals surface area contributed by atoms with Gasteiger partial charge < -0.3 is 30.3 Å². The van der Waals surface area contributed by atoms with Crippen LogP contribution in [0.25, 0.3) is 0 Å².